The van der Waals surface area contributed by atoms with E-state index in [4.69, 9.17) is 19.9 Å². The van der Waals surface area contributed by atoms with Gasteiger partial charge in [0, 0.05) is 30.0 Å². The Morgan fingerprint density at radius 2 is 1.85 bits per heavy atom. The summed E-state index contributed by atoms with van der Waals surface area (Å²) < 4.78 is 44.1. The first-order chi connectivity index (χ1) is 19.2. The van der Waals surface area contributed by atoms with E-state index < -0.39 is 11.8 Å². The molecule has 3 N–H and O–H groups in total. The number of benzene rings is 2. The van der Waals surface area contributed by atoms with Crippen LogP contribution in [0.2, 0.25) is 0 Å². The molecule has 10 nitrogen and oxygen atoms in total. The maximum Gasteiger partial charge on any atom is 0.335 e. The number of nitrogens with two attached hydrogens (primary N) is 1. The highest BCUT2D eigenvalue weighted by Gasteiger charge is 2.31. The maximum absolute atomic E-state index is 15.3. The van der Waals surface area contributed by atoms with Crippen LogP contribution >= 0.6 is 0 Å². The highest BCUT2D eigenvalue weighted by molar-refractivity contribution is 6.00. The zero-order valence-electron chi connectivity index (χ0n) is 22.7. The molecule has 1 aliphatic rings. The number of amides is 1. The molecule has 0 radical (unpaired) electrons. The monoisotopic (exact) mass is 555 g/mol. The summed E-state index contributed by atoms with van der Waals surface area (Å²) in [7, 11) is 3.91. The van der Waals surface area contributed by atoms with Crippen molar-refractivity contribution >= 4 is 34.2 Å². The number of nitrogens with one attached hydrogen (secondary N) is 1. The van der Waals surface area contributed by atoms with Gasteiger partial charge in [-0.3, -0.25) is 4.79 Å². The summed E-state index contributed by atoms with van der Waals surface area (Å²) in [4.78, 5) is 36.5. The first-order valence-corrected chi connectivity index (χ1v) is 12.7. The standard InChI is InChI=1S/C28H31F2N5O5/c1-5-32-20(15-6-8-16(29)9-7-15)13-22(36)35-11-10-17(19(14-35)28(37)40-4)27-33-24-18(26(31)34-27)12-21(38-2)25(39-3)23(24)30/h6-9,12,20,32H,5,10-11,13-14H2,1-4H3,(H2,31,33,34)/t20-/m1/s1. The second kappa shape index (κ2) is 12.2. The van der Waals surface area contributed by atoms with Crippen LogP contribution in [-0.2, 0) is 14.3 Å². The Balaban J connectivity index is 1.68. The van der Waals surface area contributed by atoms with Crippen LogP contribution in [0, 0.1) is 11.6 Å². The fraction of sp³-hybridized carbons (Fsp3) is 0.357. The summed E-state index contributed by atoms with van der Waals surface area (Å²) in [5.74, 6) is -1.98. The fourth-order valence-corrected chi connectivity index (χ4v) is 4.77. The van der Waals surface area contributed by atoms with E-state index in [1.54, 1.807) is 17.0 Å². The van der Waals surface area contributed by atoms with Crippen molar-refractivity contribution in [1.82, 2.24) is 20.2 Å². The summed E-state index contributed by atoms with van der Waals surface area (Å²) >= 11 is 0. The molecule has 12 heteroatoms. The van der Waals surface area contributed by atoms with Crippen LogP contribution in [0.25, 0.3) is 16.5 Å². The minimum Gasteiger partial charge on any atom is -0.493 e. The Labute approximate surface area is 230 Å². The Morgan fingerprint density at radius 1 is 1.12 bits per heavy atom. The molecule has 0 saturated heterocycles. The zero-order chi connectivity index (χ0) is 29.0. The average Bonchev–Trinajstić information content (AvgIpc) is 2.96. The van der Waals surface area contributed by atoms with Crippen LogP contribution in [0.1, 0.15) is 37.2 Å². The van der Waals surface area contributed by atoms with Gasteiger partial charge in [0.25, 0.3) is 0 Å². The molecule has 3 aromatic rings. The number of aromatic nitrogens is 2. The third-order valence-corrected chi connectivity index (χ3v) is 6.81. The van der Waals surface area contributed by atoms with Crippen molar-refractivity contribution in [3.63, 3.8) is 0 Å². The van der Waals surface area contributed by atoms with E-state index in [-0.39, 0.29) is 83.3 Å². The van der Waals surface area contributed by atoms with Crippen LogP contribution in [0.3, 0.4) is 0 Å². The quantitative estimate of drug-likeness (QED) is 0.382. The van der Waals surface area contributed by atoms with Crippen LogP contribution in [0.5, 0.6) is 11.5 Å². The molecule has 1 atom stereocenters. The number of halogens is 2. The molecular formula is C28H31F2N5O5. The Hall–Kier alpha value is -4.32. The lowest BCUT2D eigenvalue weighted by Gasteiger charge is -2.31. The second-order valence-electron chi connectivity index (χ2n) is 9.13. The summed E-state index contributed by atoms with van der Waals surface area (Å²) in [5.41, 5.74) is 7.43. The lowest BCUT2D eigenvalue weighted by atomic mass is 9.97. The highest BCUT2D eigenvalue weighted by atomic mass is 19.1. The van der Waals surface area contributed by atoms with Crippen molar-refractivity contribution in [1.29, 1.82) is 0 Å². The predicted octanol–water partition coefficient (Wildman–Crippen LogP) is 3.41. The van der Waals surface area contributed by atoms with Crippen molar-refractivity contribution in [2.45, 2.75) is 25.8 Å². The van der Waals surface area contributed by atoms with E-state index in [2.05, 4.69) is 15.3 Å². The highest BCUT2D eigenvalue weighted by Crippen LogP contribution is 2.38. The summed E-state index contributed by atoms with van der Waals surface area (Å²) in [6, 6.07) is 7.10. The van der Waals surface area contributed by atoms with Gasteiger partial charge in [0.05, 0.1) is 33.4 Å². The molecule has 4 rings (SSSR count). The van der Waals surface area contributed by atoms with Crippen molar-refractivity contribution < 1.29 is 32.6 Å². The number of carbonyl (C=O) groups excluding carboxylic acids is 2. The lowest BCUT2D eigenvalue weighted by molar-refractivity contribution is -0.137. The van der Waals surface area contributed by atoms with Crippen molar-refractivity contribution in [2.24, 2.45) is 0 Å². The third kappa shape index (κ3) is 5.67. The molecule has 0 spiro atoms. The Kier molecular flexibility index (Phi) is 8.78. The van der Waals surface area contributed by atoms with Crippen LogP contribution in [-0.4, -0.2) is 67.7 Å². The number of nitrogens with zero attached hydrogens (tertiary/aromatic N) is 3. The molecule has 1 amide bonds. The number of esters is 1. The average molecular weight is 556 g/mol. The molecule has 2 aromatic carbocycles. The van der Waals surface area contributed by atoms with Gasteiger partial charge in [-0.15, -0.1) is 0 Å². The second-order valence-corrected chi connectivity index (χ2v) is 9.13. The molecule has 40 heavy (non-hydrogen) atoms. The van der Waals surface area contributed by atoms with E-state index >= 15 is 4.39 Å². The molecule has 2 heterocycles. The summed E-state index contributed by atoms with van der Waals surface area (Å²) in [6.45, 7) is 2.71. The third-order valence-electron chi connectivity index (χ3n) is 6.81. The number of ether oxygens (including phenoxy) is 3. The zero-order valence-corrected chi connectivity index (χ0v) is 22.7. The number of hydrogen-bond donors (Lipinski definition) is 2. The number of rotatable bonds is 9. The Morgan fingerprint density at radius 3 is 2.48 bits per heavy atom. The number of methoxy groups -OCH3 is 3. The maximum atomic E-state index is 15.3. The number of anilines is 1. The SMILES string of the molecule is CCN[C@H](CC(=O)N1CCC(c2nc(N)c3cc(OC)c(OC)c(F)c3n2)=C(C(=O)OC)C1)c1ccc(F)cc1. The van der Waals surface area contributed by atoms with E-state index in [0.29, 0.717) is 12.1 Å². The van der Waals surface area contributed by atoms with Gasteiger partial charge in [-0.1, -0.05) is 19.1 Å². The molecule has 1 aliphatic heterocycles. The molecule has 0 unspecified atom stereocenters. The van der Waals surface area contributed by atoms with Gasteiger partial charge in [0.15, 0.2) is 23.1 Å². The largest absolute Gasteiger partial charge is 0.493 e. The normalized spacial score (nSPS) is 14.3. The first-order valence-electron chi connectivity index (χ1n) is 12.7. The summed E-state index contributed by atoms with van der Waals surface area (Å²) in [6.07, 6.45) is 0.300. The van der Waals surface area contributed by atoms with Gasteiger partial charge < -0.3 is 30.2 Å². The first kappa shape index (κ1) is 28.7. The van der Waals surface area contributed by atoms with Gasteiger partial charge in [0.1, 0.15) is 17.2 Å². The van der Waals surface area contributed by atoms with Gasteiger partial charge in [0.2, 0.25) is 5.91 Å². The summed E-state index contributed by atoms with van der Waals surface area (Å²) in [5, 5.41) is 3.48. The van der Waals surface area contributed by atoms with Crippen LogP contribution < -0.4 is 20.5 Å². The molecular weight excluding hydrogens is 524 g/mol. The molecule has 1 aromatic heterocycles. The van der Waals surface area contributed by atoms with Crippen molar-refractivity contribution in [3.8, 4) is 11.5 Å². The molecule has 0 aliphatic carbocycles. The van der Waals surface area contributed by atoms with Gasteiger partial charge in [-0.2, -0.15) is 0 Å². The van der Waals surface area contributed by atoms with E-state index in [0.717, 1.165) is 5.56 Å². The molecule has 212 valence electrons. The molecule has 0 bridgehead atoms. The number of nitrogen functional groups attached to an aromatic ring is 1. The van der Waals surface area contributed by atoms with E-state index in [1.165, 1.54) is 39.5 Å². The number of carbonyl (C=O) groups is 2. The van der Waals surface area contributed by atoms with Gasteiger partial charge in [-0.25, -0.2) is 23.5 Å². The van der Waals surface area contributed by atoms with E-state index in [1.807, 2.05) is 6.92 Å². The predicted molar refractivity (Wildman–Crippen MR) is 145 cm³/mol. The Bertz CT molecular complexity index is 1460. The number of fused-ring (bicyclic) bond motifs is 1. The fourth-order valence-electron chi connectivity index (χ4n) is 4.77. The van der Waals surface area contributed by atoms with Gasteiger partial charge in [-0.05, 0) is 36.7 Å². The molecule has 0 saturated carbocycles. The van der Waals surface area contributed by atoms with E-state index in [9.17, 15) is 14.0 Å². The van der Waals surface area contributed by atoms with Crippen molar-refractivity contribution in [2.75, 3.05) is 46.7 Å². The van der Waals surface area contributed by atoms with Crippen LogP contribution in [0.15, 0.2) is 35.9 Å². The lowest BCUT2D eigenvalue weighted by Crippen LogP contribution is -2.40. The minimum absolute atomic E-state index is 0.0112. The smallest absolute Gasteiger partial charge is 0.335 e. The van der Waals surface area contributed by atoms with Crippen LogP contribution in [0.4, 0.5) is 14.6 Å². The minimum atomic E-state index is -0.782. The molecule has 0 fully saturated rings. The van der Waals surface area contributed by atoms with Gasteiger partial charge >= 0.3 is 5.97 Å². The topological polar surface area (TPSA) is 129 Å². The number of hydrogen-bond acceptors (Lipinski definition) is 9. The van der Waals surface area contributed by atoms with Crippen molar-refractivity contribution in [3.05, 3.63) is 58.9 Å².